The molecule has 7 nitrogen and oxygen atoms in total. The molecule has 3 rings (SSSR count). The number of ether oxygens (including phenoxy) is 1. The Hall–Kier alpha value is -3.19. The van der Waals surface area contributed by atoms with Crippen molar-refractivity contribution in [2.45, 2.75) is 13.3 Å². The first-order valence-electron chi connectivity index (χ1n) is 7.99. The highest BCUT2D eigenvalue weighted by molar-refractivity contribution is 6.30. The van der Waals surface area contributed by atoms with Crippen molar-refractivity contribution in [1.29, 1.82) is 0 Å². The Morgan fingerprint density at radius 2 is 1.85 bits per heavy atom. The summed E-state index contributed by atoms with van der Waals surface area (Å²) in [4.78, 5) is 35.5. The summed E-state index contributed by atoms with van der Waals surface area (Å²) < 4.78 is 6.17. The number of hydrogen-bond acceptors (Lipinski definition) is 5. The second-order valence-electron chi connectivity index (χ2n) is 5.92. The fourth-order valence-corrected chi connectivity index (χ4v) is 3.13. The van der Waals surface area contributed by atoms with Gasteiger partial charge < -0.3 is 4.74 Å². The van der Waals surface area contributed by atoms with Crippen LogP contribution in [0, 0.1) is 17.0 Å². The number of esters is 1. The third-order valence-corrected chi connectivity index (χ3v) is 4.62. The summed E-state index contributed by atoms with van der Waals surface area (Å²) in [6.07, 6.45) is -0.0963. The van der Waals surface area contributed by atoms with Gasteiger partial charge in [0.25, 0.3) is 11.6 Å². The molecule has 138 valence electrons. The number of nitro benzene ring substituents is 1. The first kappa shape index (κ1) is 18.6. The van der Waals surface area contributed by atoms with E-state index in [-0.39, 0.29) is 18.0 Å². The second kappa shape index (κ2) is 7.20. The number of halogens is 1. The molecule has 0 N–H and O–H groups in total. The van der Waals surface area contributed by atoms with Crippen LogP contribution < -0.4 is 0 Å². The summed E-state index contributed by atoms with van der Waals surface area (Å²) in [7, 11) is 1.26. The molecule has 0 amide bonds. The maximum absolute atomic E-state index is 13.0. The SMILES string of the molecule is COC(=O)Cc1c(C)n(C(=O)c2ccc(Cl)cc2)c2ccc([N+](=O)[O-])cc12. The molecule has 0 saturated heterocycles. The van der Waals surface area contributed by atoms with Gasteiger partial charge in [-0.25, -0.2) is 0 Å². The average Bonchev–Trinajstić information content (AvgIpc) is 2.92. The van der Waals surface area contributed by atoms with E-state index in [1.807, 2.05) is 0 Å². The van der Waals surface area contributed by atoms with Gasteiger partial charge in [-0.15, -0.1) is 0 Å². The number of rotatable bonds is 4. The number of aromatic nitrogens is 1. The van der Waals surface area contributed by atoms with Crippen molar-refractivity contribution in [2.75, 3.05) is 7.11 Å². The fourth-order valence-electron chi connectivity index (χ4n) is 3.01. The normalized spacial score (nSPS) is 10.8. The van der Waals surface area contributed by atoms with Crippen molar-refractivity contribution < 1.29 is 19.2 Å². The monoisotopic (exact) mass is 386 g/mol. The van der Waals surface area contributed by atoms with Crippen LogP contribution in [-0.2, 0) is 16.0 Å². The van der Waals surface area contributed by atoms with Crippen LogP contribution >= 0.6 is 11.6 Å². The first-order chi connectivity index (χ1) is 12.8. The number of hydrogen-bond donors (Lipinski definition) is 0. The van der Waals surface area contributed by atoms with E-state index >= 15 is 0 Å². The third kappa shape index (κ3) is 3.41. The summed E-state index contributed by atoms with van der Waals surface area (Å²) in [5.74, 6) is -0.818. The molecule has 0 aliphatic carbocycles. The predicted octanol–water partition coefficient (Wildman–Crippen LogP) is 3.92. The van der Waals surface area contributed by atoms with Crippen LogP contribution in [0.4, 0.5) is 5.69 Å². The van der Waals surface area contributed by atoms with E-state index in [0.717, 1.165) is 0 Å². The Balaban J connectivity index is 2.24. The Morgan fingerprint density at radius 1 is 1.19 bits per heavy atom. The second-order valence-corrected chi connectivity index (χ2v) is 6.36. The molecule has 8 heteroatoms. The topological polar surface area (TPSA) is 91.4 Å². The molecule has 0 unspecified atom stereocenters. The van der Waals surface area contributed by atoms with E-state index in [2.05, 4.69) is 0 Å². The number of benzene rings is 2. The lowest BCUT2D eigenvalue weighted by Gasteiger charge is -2.08. The van der Waals surface area contributed by atoms with Crippen LogP contribution in [0.25, 0.3) is 10.9 Å². The molecule has 0 saturated carbocycles. The quantitative estimate of drug-likeness (QED) is 0.385. The summed E-state index contributed by atoms with van der Waals surface area (Å²) in [5, 5.41) is 12.1. The molecule has 0 aliphatic rings. The van der Waals surface area contributed by atoms with Gasteiger partial charge in [-0.2, -0.15) is 0 Å². The molecule has 0 atom stereocenters. The van der Waals surface area contributed by atoms with Gasteiger partial charge in [0.1, 0.15) is 0 Å². The molecule has 0 aliphatic heterocycles. The molecule has 0 bridgehead atoms. The van der Waals surface area contributed by atoms with Crippen LogP contribution in [0.3, 0.4) is 0 Å². The maximum Gasteiger partial charge on any atom is 0.310 e. The van der Waals surface area contributed by atoms with E-state index in [1.54, 1.807) is 31.2 Å². The number of carbonyl (C=O) groups is 2. The van der Waals surface area contributed by atoms with Crippen LogP contribution in [0.2, 0.25) is 5.02 Å². The number of carbonyl (C=O) groups excluding carboxylic acids is 2. The first-order valence-corrected chi connectivity index (χ1v) is 8.36. The van der Waals surface area contributed by atoms with Gasteiger partial charge in [-0.1, -0.05) is 11.6 Å². The maximum atomic E-state index is 13.0. The van der Waals surface area contributed by atoms with E-state index < -0.39 is 10.9 Å². The Kier molecular flexibility index (Phi) is 4.96. The zero-order valence-corrected chi connectivity index (χ0v) is 15.3. The van der Waals surface area contributed by atoms with E-state index in [9.17, 15) is 19.7 Å². The lowest BCUT2D eigenvalue weighted by atomic mass is 10.1. The third-order valence-electron chi connectivity index (χ3n) is 4.37. The number of nitro groups is 1. The molecule has 0 radical (unpaired) electrons. The van der Waals surface area contributed by atoms with Gasteiger partial charge in [0.2, 0.25) is 0 Å². The highest BCUT2D eigenvalue weighted by atomic mass is 35.5. The zero-order valence-electron chi connectivity index (χ0n) is 14.6. The zero-order chi connectivity index (χ0) is 19.7. The van der Waals surface area contributed by atoms with Crippen LogP contribution in [0.15, 0.2) is 42.5 Å². The van der Waals surface area contributed by atoms with Crippen LogP contribution in [0.1, 0.15) is 21.6 Å². The molecule has 3 aromatic rings. The van der Waals surface area contributed by atoms with Gasteiger partial charge in [0.15, 0.2) is 0 Å². The van der Waals surface area contributed by atoms with Crippen molar-refractivity contribution in [3.63, 3.8) is 0 Å². The average molecular weight is 387 g/mol. The standard InChI is InChI=1S/C19H15ClN2O5/c1-11-15(10-18(23)27-2)16-9-14(22(25)26)7-8-17(16)21(11)19(24)12-3-5-13(20)6-4-12/h3-9H,10H2,1-2H3. The molecule has 0 spiro atoms. The molecular formula is C19H15ClN2O5. The molecule has 1 heterocycles. The van der Waals surface area contributed by atoms with Crippen LogP contribution in [-0.4, -0.2) is 28.5 Å². The van der Waals surface area contributed by atoms with E-state index in [1.165, 1.54) is 29.9 Å². The highest BCUT2D eigenvalue weighted by Crippen LogP contribution is 2.31. The Bertz CT molecular complexity index is 1070. The Labute approximate surface area is 159 Å². The van der Waals surface area contributed by atoms with Crippen molar-refractivity contribution in [1.82, 2.24) is 4.57 Å². The smallest absolute Gasteiger partial charge is 0.310 e. The van der Waals surface area contributed by atoms with E-state index in [0.29, 0.717) is 32.7 Å². The summed E-state index contributed by atoms with van der Waals surface area (Å²) >= 11 is 5.88. The highest BCUT2D eigenvalue weighted by Gasteiger charge is 2.23. The minimum Gasteiger partial charge on any atom is -0.469 e. The van der Waals surface area contributed by atoms with Gasteiger partial charge in [0.05, 0.1) is 24.0 Å². The number of non-ortho nitro benzene ring substituents is 1. The van der Waals surface area contributed by atoms with Gasteiger partial charge in [-0.05, 0) is 42.8 Å². The van der Waals surface area contributed by atoms with Crippen LogP contribution in [0.5, 0.6) is 0 Å². The fraction of sp³-hybridized carbons (Fsp3) is 0.158. The molecule has 1 aromatic heterocycles. The van der Waals surface area contributed by atoms with Crippen molar-refractivity contribution in [3.05, 3.63) is 74.4 Å². The van der Waals surface area contributed by atoms with E-state index in [4.69, 9.17) is 16.3 Å². The lowest BCUT2D eigenvalue weighted by molar-refractivity contribution is -0.384. The Morgan fingerprint density at radius 3 is 2.44 bits per heavy atom. The number of nitrogens with zero attached hydrogens (tertiary/aromatic N) is 2. The van der Waals surface area contributed by atoms with Crippen molar-refractivity contribution >= 4 is 40.1 Å². The van der Waals surface area contributed by atoms with Gasteiger partial charge in [0, 0.05) is 33.8 Å². The van der Waals surface area contributed by atoms with Gasteiger partial charge in [-0.3, -0.25) is 24.3 Å². The number of methoxy groups -OCH3 is 1. The van der Waals surface area contributed by atoms with Crippen molar-refractivity contribution in [3.8, 4) is 0 Å². The van der Waals surface area contributed by atoms with Gasteiger partial charge >= 0.3 is 5.97 Å². The van der Waals surface area contributed by atoms with Crippen molar-refractivity contribution in [2.24, 2.45) is 0 Å². The minimum absolute atomic E-state index is 0.0963. The molecule has 2 aromatic carbocycles. The summed E-state index contributed by atoms with van der Waals surface area (Å²) in [6.45, 7) is 1.69. The molecular weight excluding hydrogens is 372 g/mol. The number of fused-ring (bicyclic) bond motifs is 1. The minimum atomic E-state index is -0.519. The molecule has 0 fully saturated rings. The molecule has 27 heavy (non-hydrogen) atoms. The summed E-state index contributed by atoms with van der Waals surface area (Å²) in [5.41, 5.74) is 1.81. The lowest BCUT2D eigenvalue weighted by Crippen LogP contribution is -2.14. The largest absolute Gasteiger partial charge is 0.469 e. The predicted molar refractivity (Wildman–Crippen MR) is 100 cm³/mol. The summed E-state index contributed by atoms with van der Waals surface area (Å²) in [6, 6.07) is 10.6.